The standard InChI is InChI=1S/C17H18ClFN6S/c1-3-25-11(2)12(7-21-25)9-24-10-14(8-20-24)23-17(26)22-13-4-5-16(19)15(18)6-13/h4-8,10H,3,9H2,1-2H3,(H2,22,23,26). The molecule has 0 saturated carbocycles. The van der Waals surface area contributed by atoms with E-state index in [1.807, 2.05) is 28.7 Å². The van der Waals surface area contributed by atoms with Crippen molar-refractivity contribution in [3.05, 3.63) is 58.9 Å². The van der Waals surface area contributed by atoms with E-state index in [2.05, 4.69) is 27.8 Å². The number of aryl methyl sites for hydroxylation is 1. The van der Waals surface area contributed by atoms with Crippen molar-refractivity contribution in [1.29, 1.82) is 0 Å². The molecule has 2 N–H and O–H groups in total. The average molecular weight is 393 g/mol. The molecule has 0 bridgehead atoms. The highest BCUT2D eigenvalue weighted by Gasteiger charge is 2.08. The molecule has 0 spiro atoms. The summed E-state index contributed by atoms with van der Waals surface area (Å²) in [5.41, 5.74) is 3.59. The van der Waals surface area contributed by atoms with Crippen LogP contribution in [0.2, 0.25) is 5.02 Å². The number of halogens is 2. The molecule has 2 heterocycles. The van der Waals surface area contributed by atoms with E-state index in [0.717, 1.165) is 23.5 Å². The van der Waals surface area contributed by atoms with Crippen LogP contribution in [-0.4, -0.2) is 24.7 Å². The minimum absolute atomic E-state index is 0.0358. The number of hydrogen-bond donors (Lipinski definition) is 2. The third-order valence-corrected chi connectivity index (χ3v) is 4.40. The predicted octanol–water partition coefficient (Wildman–Crippen LogP) is 4.06. The third kappa shape index (κ3) is 4.20. The normalized spacial score (nSPS) is 10.8. The number of nitrogens with one attached hydrogen (secondary N) is 2. The van der Waals surface area contributed by atoms with Gasteiger partial charge in [0, 0.05) is 29.7 Å². The van der Waals surface area contributed by atoms with Crippen LogP contribution in [0.3, 0.4) is 0 Å². The van der Waals surface area contributed by atoms with E-state index in [-0.39, 0.29) is 5.02 Å². The fourth-order valence-corrected chi connectivity index (χ4v) is 2.93. The van der Waals surface area contributed by atoms with Crippen LogP contribution in [0.5, 0.6) is 0 Å². The minimum Gasteiger partial charge on any atom is -0.332 e. The van der Waals surface area contributed by atoms with Crippen molar-refractivity contribution in [1.82, 2.24) is 19.6 Å². The molecule has 1 aromatic carbocycles. The third-order valence-electron chi connectivity index (χ3n) is 3.91. The molecule has 0 amide bonds. The Balaban J connectivity index is 1.61. The van der Waals surface area contributed by atoms with Crippen LogP contribution < -0.4 is 10.6 Å². The number of thiocarbonyl (C=S) groups is 1. The summed E-state index contributed by atoms with van der Waals surface area (Å²) in [6.45, 7) is 5.57. The first kappa shape index (κ1) is 18.3. The van der Waals surface area contributed by atoms with E-state index in [4.69, 9.17) is 23.8 Å². The topological polar surface area (TPSA) is 59.7 Å². The summed E-state index contributed by atoms with van der Waals surface area (Å²) in [6, 6.07) is 4.32. The van der Waals surface area contributed by atoms with Crippen LogP contribution in [0.4, 0.5) is 15.8 Å². The number of aromatic nitrogens is 4. The monoisotopic (exact) mass is 392 g/mol. The van der Waals surface area contributed by atoms with Gasteiger partial charge in [0.15, 0.2) is 5.11 Å². The van der Waals surface area contributed by atoms with Crippen molar-refractivity contribution in [2.75, 3.05) is 10.6 Å². The second-order valence-corrected chi connectivity index (χ2v) is 6.52. The number of hydrogen-bond acceptors (Lipinski definition) is 3. The largest absolute Gasteiger partial charge is 0.332 e. The smallest absolute Gasteiger partial charge is 0.175 e. The van der Waals surface area contributed by atoms with Gasteiger partial charge in [0.1, 0.15) is 5.82 Å². The Kier molecular flexibility index (Phi) is 5.53. The second-order valence-electron chi connectivity index (χ2n) is 5.71. The summed E-state index contributed by atoms with van der Waals surface area (Å²) in [5, 5.41) is 15.1. The maximum absolute atomic E-state index is 13.2. The average Bonchev–Trinajstić information content (AvgIpc) is 3.18. The molecule has 0 saturated heterocycles. The lowest BCUT2D eigenvalue weighted by molar-refractivity contribution is 0.628. The lowest BCUT2D eigenvalue weighted by Crippen LogP contribution is -2.18. The van der Waals surface area contributed by atoms with Gasteiger partial charge in [-0.2, -0.15) is 10.2 Å². The molecule has 0 atom stereocenters. The van der Waals surface area contributed by atoms with E-state index < -0.39 is 5.82 Å². The molecular weight excluding hydrogens is 375 g/mol. The zero-order valence-corrected chi connectivity index (χ0v) is 15.9. The van der Waals surface area contributed by atoms with Crippen molar-refractivity contribution < 1.29 is 4.39 Å². The van der Waals surface area contributed by atoms with E-state index in [1.54, 1.807) is 12.3 Å². The second kappa shape index (κ2) is 7.84. The maximum atomic E-state index is 13.2. The molecule has 136 valence electrons. The Morgan fingerprint density at radius 2 is 2.00 bits per heavy atom. The molecule has 3 aromatic rings. The molecule has 0 fully saturated rings. The summed E-state index contributed by atoms with van der Waals surface area (Å²) in [7, 11) is 0. The quantitative estimate of drug-likeness (QED) is 0.641. The first-order chi connectivity index (χ1) is 12.5. The van der Waals surface area contributed by atoms with Crippen LogP contribution in [-0.2, 0) is 13.1 Å². The van der Waals surface area contributed by atoms with Crippen LogP contribution in [0.25, 0.3) is 0 Å². The van der Waals surface area contributed by atoms with Gasteiger partial charge < -0.3 is 10.6 Å². The summed E-state index contributed by atoms with van der Waals surface area (Å²) >= 11 is 11.0. The van der Waals surface area contributed by atoms with Crippen molar-refractivity contribution in [3.63, 3.8) is 0 Å². The highest BCUT2D eigenvalue weighted by atomic mass is 35.5. The molecule has 0 aliphatic heterocycles. The SMILES string of the molecule is CCn1ncc(Cn2cc(NC(=S)Nc3ccc(F)c(Cl)c3)cn2)c1C. The lowest BCUT2D eigenvalue weighted by atomic mass is 10.2. The first-order valence-electron chi connectivity index (χ1n) is 8.03. The molecule has 0 aliphatic carbocycles. The minimum atomic E-state index is -0.473. The van der Waals surface area contributed by atoms with Crippen LogP contribution in [0, 0.1) is 12.7 Å². The highest BCUT2D eigenvalue weighted by Crippen LogP contribution is 2.19. The van der Waals surface area contributed by atoms with Crippen LogP contribution >= 0.6 is 23.8 Å². The Morgan fingerprint density at radius 1 is 1.23 bits per heavy atom. The van der Waals surface area contributed by atoms with Crippen LogP contribution in [0.15, 0.2) is 36.8 Å². The summed E-state index contributed by atoms with van der Waals surface area (Å²) in [4.78, 5) is 0. The Hall–Kier alpha value is -2.45. The van der Waals surface area contributed by atoms with Gasteiger partial charge in [-0.05, 0) is 44.3 Å². The molecule has 0 radical (unpaired) electrons. The maximum Gasteiger partial charge on any atom is 0.175 e. The first-order valence-corrected chi connectivity index (χ1v) is 8.81. The fourth-order valence-electron chi connectivity index (χ4n) is 2.52. The zero-order valence-electron chi connectivity index (χ0n) is 14.3. The predicted molar refractivity (Wildman–Crippen MR) is 105 cm³/mol. The van der Waals surface area contributed by atoms with Gasteiger partial charge in [-0.3, -0.25) is 9.36 Å². The Bertz CT molecular complexity index is 935. The van der Waals surface area contributed by atoms with Crippen molar-refractivity contribution in [2.24, 2.45) is 0 Å². The molecule has 0 aliphatic rings. The van der Waals surface area contributed by atoms with E-state index >= 15 is 0 Å². The van der Waals surface area contributed by atoms with Gasteiger partial charge in [0.2, 0.25) is 0 Å². The lowest BCUT2D eigenvalue weighted by Gasteiger charge is -2.09. The summed E-state index contributed by atoms with van der Waals surface area (Å²) in [5.74, 6) is -0.473. The number of anilines is 2. The van der Waals surface area contributed by atoms with E-state index in [9.17, 15) is 4.39 Å². The molecule has 3 rings (SSSR count). The summed E-state index contributed by atoms with van der Waals surface area (Å²) < 4.78 is 17.0. The van der Waals surface area contributed by atoms with Crippen molar-refractivity contribution >= 4 is 40.3 Å². The molecule has 6 nitrogen and oxygen atoms in total. The summed E-state index contributed by atoms with van der Waals surface area (Å²) in [6.07, 6.45) is 5.40. The van der Waals surface area contributed by atoms with Crippen molar-refractivity contribution in [3.8, 4) is 0 Å². The van der Waals surface area contributed by atoms with Gasteiger partial charge >= 0.3 is 0 Å². The van der Waals surface area contributed by atoms with Gasteiger partial charge in [-0.15, -0.1) is 0 Å². The fraction of sp³-hybridized carbons (Fsp3) is 0.235. The molecular formula is C17H18ClFN6S. The molecule has 2 aromatic heterocycles. The van der Waals surface area contributed by atoms with Gasteiger partial charge in [0.25, 0.3) is 0 Å². The molecule has 9 heteroatoms. The molecule has 0 unspecified atom stereocenters. The zero-order chi connectivity index (χ0) is 18.7. The number of rotatable bonds is 5. The van der Waals surface area contributed by atoms with E-state index in [0.29, 0.717) is 17.3 Å². The van der Waals surface area contributed by atoms with E-state index in [1.165, 1.54) is 12.1 Å². The highest BCUT2D eigenvalue weighted by molar-refractivity contribution is 7.80. The molecule has 26 heavy (non-hydrogen) atoms. The Morgan fingerprint density at radius 3 is 2.69 bits per heavy atom. The van der Waals surface area contributed by atoms with Crippen LogP contribution in [0.1, 0.15) is 18.2 Å². The number of nitrogens with zero attached hydrogens (tertiary/aromatic N) is 4. The Labute approximate surface area is 161 Å². The van der Waals surface area contributed by atoms with Gasteiger partial charge in [0.05, 0.1) is 29.6 Å². The number of benzene rings is 1. The van der Waals surface area contributed by atoms with Crippen molar-refractivity contribution in [2.45, 2.75) is 26.9 Å². The van der Waals surface area contributed by atoms with Gasteiger partial charge in [-0.25, -0.2) is 4.39 Å². The van der Waals surface area contributed by atoms with Gasteiger partial charge in [-0.1, -0.05) is 11.6 Å².